The predicted molar refractivity (Wildman–Crippen MR) is 62.9 cm³/mol. The van der Waals surface area contributed by atoms with Crippen molar-refractivity contribution in [3.05, 3.63) is 41.9 Å². The quantitative estimate of drug-likeness (QED) is 0.776. The van der Waals surface area contributed by atoms with Crippen LogP contribution in [0.3, 0.4) is 0 Å². The summed E-state index contributed by atoms with van der Waals surface area (Å²) in [6.07, 6.45) is 3.69. The third-order valence-corrected chi connectivity index (χ3v) is 2.41. The van der Waals surface area contributed by atoms with E-state index in [1.165, 1.54) is 5.56 Å². The molecule has 0 saturated heterocycles. The van der Waals surface area contributed by atoms with Gasteiger partial charge in [-0.05, 0) is 18.6 Å². The molecule has 0 amide bonds. The van der Waals surface area contributed by atoms with E-state index in [1.54, 1.807) is 6.20 Å². The first-order valence-corrected chi connectivity index (χ1v) is 5.08. The van der Waals surface area contributed by atoms with E-state index in [1.807, 2.05) is 36.0 Å². The minimum absolute atomic E-state index is 0.683. The van der Waals surface area contributed by atoms with Gasteiger partial charge in [0.05, 0.1) is 12.2 Å². The number of thiol groups is 1. The standard InChI is InChI=1S/C10H12N4S/c1-8-3-2-5-11-9(8)7-14-6-4-10(12-14)13-15/h2-6,15H,7H2,1H3,(H,12,13). The maximum atomic E-state index is 4.31. The summed E-state index contributed by atoms with van der Waals surface area (Å²) in [6.45, 7) is 2.73. The smallest absolute Gasteiger partial charge is 0.157 e. The maximum Gasteiger partial charge on any atom is 0.157 e. The van der Waals surface area contributed by atoms with Gasteiger partial charge < -0.3 is 4.72 Å². The first-order valence-electron chi connectivity index (χ1n) is 4.63. The number of nitrogens with one attached hydrogen (secondary N) is 1. The highest BCUT2D eigenvalue weighted by Crippen LogP contribution is 2.08. The third-order valence-electron chi connectivity index (χ3n) is 2.18. The van der Waals surface area contributed by atoms with E-state index in [4.69, 9.17) is 0 Å². The average Bonchev–Trinajstić information content (AvgIpc) is 2.69. The molecule has 0 fully saturated rings. The van der Waals surface area contributed by atoms with Crippen molar-refractivity contribution in [2.75, 3.05) is 4.72 Å². The lowest BCUT2D eigenvalue weighted by Crippen LogP contribution is -2.04. The molecule has 5 heteroatoms. The molecule has 2 heterocycles. The molecule has 0 saturated carbocycles. The highest BCUT2D eigenvalue weighted by Gasteiger charge is 2.01. The number of nitrogens with zero attached hydrogens (tertiary/aromatic N) is 3. The molecular weight excluding hydrogens is 208 g/mol. The Kier molecular flexibility index (Phi) is 2.91. The fraction of sp³-hybridized carbons (Fsp3) is 0.200. The van der Waals surface area contributed by atoms with Crippen molar-refractivity contribution in [3.63, 3.8) is 0 Å². The Labute approximate surface area is 93.9 Å². The lowest BCUT2D eigenvalue weighted by Gasteiger charge is -2.03. The summed E-state index contributed by atoms with van der Waals surface area (Å²) in [5.74, 6) is 0.743. The van der Waals surface area contributed by atoms with E-state index in [0.717, 1.165) is 11.5 Å². The Hall–Kier alpha value is -1.49. The van der Waals surface area contributed by atoms with Crippen LogP contribution in [-0.2, 0) is 6.54 Å². The van der Waals surface area contributed by atoms with Gasteiger partial charge in [-0.15, -0.1) is 0 Å². The number of anilines is 1. The van der Waals surface area contributed by atoms with Crippen molar-refractivity contribution >= 4 is 18.6 Å². The first kappa shape index (κ1) is 10.0. The van der Waals surface area contributed by atoms with Gasteiger partial charge in [-0.1, -0.05) is 18.9 Å². The highest BCUT2D eigenvalue weighted by atomic mass is 32.1. The molecule has 0 aliphatic rings. The van der Waals surface area contributed by atoms with Gasteiger partial charge >= 0.3 is 0 Å². The second kappa shape index (κ2) is 4.35. The van der Waals surface area contributed by atoms with E-state index >= 15 is 0 Å². The zero-order valence-corrected chi connectivity index (χ0v) is 9.28. The summed E-state index contributed by atoms with van der Waals surface area (Å²) >= 11 is 3.93. The molecule has 0 bridgehead atoms. The van der Waals surface area contributed by atoms with Crippen LogP contribution in [0.5, 0.6) is 0 Å². The Bertz CT molecular complexity index is 452. The van der Waals surface area contributed by atoms with Crippen molar-refractivity contribution in [2.45, 2.75) is 13.5 Å². The van der Waals surface area contributed by atoms with Gasteiger partial charge in [0.1, 0.15) is 0 Å². The van der Waals surface area contributed by atoms with E-state index in [0.29, 0.717) is 6.54 Å². The van der Waals surface area contributed by atoms with Crippen LogP contribution < -0.4 is 4.72 Å². The van der Waals surface area contributed by atoms with Crippen LogP contribution in [0.4, 0.5) is 5.82 Å². The number of rotatable bonds is 3. The summed E-state index contributed by atoms with van der Waals surface area (Å²) < 4.78 is 4.52. The zero-order chi connectivity index (χ0) is 10.7. The van der Waals surface area contributed by atoms with Gasteiger partial charge in [0.25, 0.3) is 0 Å². The van der Waals surface area contributed by atoms with Gasteiger partial charge in [-0.2, -0.15) is 5.10 Å². The van der Waals surface area contributed by atoms with E-state index < -0.39 is 0 Å². The maximum absolute atomic E-state index is 4.31. The van der Waals surface area contributed by atoms with Crippen molar-refractivity contribution in [1.82, 2.24) is 14.8 Å². The molecule has 0 aliphatic heterocycles. The predicted octanol–water partition coefficient (Wildman–Crippen LogP) is 1.89. The van der Waals surface area contributed by atoms with Crippen LogP contribution in [0.1, 0.15) is 11.3 Å². The second-order valence-electron chi connectivity index (χ2n) is 3.28. The monoisotopic (exact) mass is 220 g/mol. The molecular formula is C10H12N4S. The molecule has 2 rings (SSSR count). The normalized spacial score (nSPS) is 10.3. The Balaban J connectivity index is 2.18. The average molecular weight is 220 g/mol. The fourth-order valence-corrected chi connectivity index (χ4v) is 1.47. The van der Waals surface area contributed by atoms with Gasteiger partial charge in [-0.3, -0.25) is 9.67 Å². The number of pyridine rings is 1. The SMILES string of the molecule is Cc1cccnc1Cn1ccc(NS)n1. The minimum Gasteiger partial charge on any atom is -0.316 e. The molecule has 0 aliphatic carbocycles. The topological polar surface area (TPSA) is 42.7 Å². The summed E-state index contributed by atoms with van der Waals surface area (Å²) in [4.78, 5) is 4.31. The van der Waals surface area contributed by atoms with Crippen molar-refractivity contribution in [2.24, 2.45) is 0 Å². The fourth-order valence-electron chi connectivity index (χ4n) is 1.35. The summed E-state index contributed by atoms with van der Waals surface area (Å²) in [5, 5.41) is 4.25. The van der Waals surface area contributed by atoms with Crippen molar-refractivity contribution in [1.29, 1.82) is 0 Å². The number of hydrogen-bond donors (Lipinski definition) is 2. The second-order valence-corrected chi connectivity index (χ2v) is 3.50. The van der Waals surface area contributed by atoms with E-state index in [2.05, 4.69) is 27.6 Å². The molecule has 2 aromatic heterocycles. The summed E-state index contributed by atoms with van der Waals surface area (Å²) in [5.41, 5.74) is 2.21. The number of hydrogen-bond acceptors (Lipinski definition) is 4. The van der Waals surface area contributed by atoms with Crippen LogP contribution in [0, 0.1) is 6.92 Å². The van der Waals surface area contributed by atoms with Crippen molar-refractivity contribution in [3.8, 4) is 0 Å². The van der Waals surface area contributed by atoms with E-state index in [-0.39, 0.29) is 0 Å². The van der Waals surface area contributed by atoms with Crippen LogP contribution in [0.2, 0.25) is 0 Å². The number of aromatic nitrogens is 3. The highest BCUT2D eigenvalue weighted by molar-refractivity contribution is 7.81. The van der Waals surface area contributed by atoms with Crippen LogP contribution in [0.25, 0.3) is 0 Å². The van der Waals surface area contributed by atoms with Crippen LogP contribution in [0.15, 0.2) is 30.6 Å². The molecule has 78 valence electrons. The van der Waals surface area contributed by atoms with Gasteiger partial charge in [0.15, 0.2) is 5.82 Å². The lowest BCUT2D eigenvalue weighted by molar-refractivity contribution is 0.672. The first-order chi connectivity index (χ1) is 7.29. The zero-order valence-electron chi connectivity index (χ0n) is 8.38. The Morgan fingerprint density at radius 2 is 2.33 bits per heavy atom. The molecule has 1 N–H and O–H groups in total. The molecule has 0 spiro atoms. The molecule has 2 aromatic rings. The van der Waals surface area contributed by atoms with Crippen LogP contribution in [-0.4, -0.2) is 14.8 Å². The molecule has 15 heavy (non-hydrogen) atoms. The van der Waals surface area contributed by atoms with Crippen molar-refractivity contribution < 1.29 is 0 Å². The van der Waals surface area contributed by atoms with Crippen LogP contribution >= 0.6 is 12.8 Å². The van der Waals surface area contributed by atoms with E-state index in [9.17, 15) is 0 Å². The molecule has 0 unspecified atom stereocenters. The lowest BCUT2D eigenvalue weighted by atomic mass is 10.2. The van der Waals surface area contributed by atoms with Gasteiger partial charge in [0, 0.05) is 18.5 Å². The Morgan fingerprint density at radius 1 is 1.47 bits per heavy atom. The third kappa shape index (κ3) is 2.30. The minimum atomic E-state index is 0.683. The summed E-state index contributed by atoms with van der Waals surface area (Å²) in [7, 11) is 0. The molecule has 0 radical (unpaired) electrons. The molecule has 0 aromatic carbocycles. The molecule has 0 atom stereocenters. The van der Waals surface area contributed by atoms with Gasteiger partial charge in [-0.25, -0.2) is 0 Å². The summed E-state index contributed by atoms with van der Waals surface area (Å²) in [6, 6.07) is 5.84. The largest absolute Gasteiger partial charge is 0.316 e. The molecule has 4 nitrogen and oxygen atoms in total. The number of aryl methyl sites for hydroxylation is 1. The van der Waals surface area contributed by atoms with Gasteiger partial charge in [0.2, 0.25) is 0 Å². The Morgan fingerprint density at radius 3 is 3.00 bits per heavy atom.